The molecular weight excluding hydrogens is 447 g/mol. The van der Waals surface area contributed by atoms with Gasteiger partial charge in [-0.3, -0.25) is 9.59 Å². The summed E-state index contributed by atoms with van der Waals surface area (Å²) in [6.07, 6.45) is 5.48. The SMILES string of the molecule is O=C(NC(CC1CCCO1)C(=O)NC1CC1)c1ccc(CN2CCOc3ncc(F)cc32)s1. The summed E-state index contributed by atoms with van der Waals surface area (Å²) in [5, 5.41) is 5.92. The molecule has 1 saturated carbocycles. The number of halogens is 1. The normalized spacial score (nSPS) is 20.6. The smallest absolute Gasteiger partial charge is 0.262 e. The third-order valence-corrected chi connectivity index (χ3v) is 7.11. The quantitative estimate of drug-likeness (QED) is 0.611. The van der Waals surface area contributed by atoms with Gasteiger partial charge in [0, 0.05) is 30.0 Å². The molecule has 10 heteroatoms. The van der Waals surface area contributed by atoms with E-state index in [1.54, 1.807) is 6.07 Å². The number of rotatable bonds is 8. The number of amides is 2. The van der Waals surface area contributed by atoms with Crippen molar-refractivity contribution in [2.45, 2.75) is 56.8 Å². The van der Waals surface area contributed by atoms with Crippen molar-refractivity contribution < 1.29 is 23.5 Å². The predicted molar refractivity (Wildman–Crippen MR) is 121 cm³/mol. The predicted octanol–water partition coefficient (Wildman–Crippen LogP) is 2.63. The Kier molecular flexibility index (Phi) is 6.45. The maximum Gasteiger partial charge on any atom is 0.262 e. The Morgan fingerprint density at radius 2 is 2.15 bits per heavy atom. The molecule has 176 valence electrons. The largest absolute Gasteiger partial charge is 0.474 e. The molecule has 2 aromatic heterocycles. The van der Waals surface area contributed by atoms with Crippen LogP contribution in [-0.4, -0.2) is 54.7 Å². The van der Waals surface area contributed by atoms with E-state index in [0.29, 0.717) is 49.2 Å². The molecular formula is C23H27FN4O4S. The number of nitrogens with zero attached hydrogens (tertiary/aromatic N) is 2. The van der Waals surface area contributed by atoms with Gasteiger partial charge in [-0.2, -0.15) is 0 Å². The van der Waals surface area contributed by atoms with Crippen LogP contribution in [-0.2, 0) is 16.1 Å². The molecule has 0 spiro atoms. The minimum atomic E-state index is -0.619. The second-order valence-electron chi connectivity index (χ2n) is 8.69. The van der Waals surface area contributed by atoms with Gasteiger partial charge in [-0.1, -0.05) is 0 Å². The second kappa shape index (κ2) is 9.64. The fourth-order valence-electron chi connectivity index (χ4n) is 4.15. The number of carbonyl (C=O) groups excluding carboxylic acids is 2. The average molecular weight is 475 g/mol. The van der Waals surface area contributed by atoms with Crippen molar-refractivity contribution in [1.82, 2.24) is 15.6 Å². The van der Waals surface area contributed by atoms with E-state index in [4.69, 9.17) is 9.47 Å². The number of fused-ring (bicyclic) bond motifs is 1. The van der Waals surface area contributed by atoms with Crippen LogP contribution in [0.15, 0.2) is 24.4 Å². The molecule has 2 amide bonds. The summed E-state index contributed by atoms with van der Waals surface area (Å²) in [7, 11) is 0. The lowest BCUT2D eigenvalue weighted by molar-refractivity contribution is -0.124. The topological polar surface area (TPSA) is 92.8 Å². The fourth-order valence-corrected chi connectivity index (χ4v) is 5.07. The van der Waals surface area contributed by atoms with Crippen molar-refractivity contribution in [1.29, 1.82) is 0 Å². The maximum atomic E-state index is 13.7. The molecule has 0 bridgehead atoms. The molecule has 1 saturated heterocycles. The molecule has 4 heterocycles. The first-order valence-electron chi connectivity index (χ1n) is 11.4. The van der Waals surface area contributed by atoms with Gasteiger partial charge in [0.2, 0.25) is 11.8 Å². The molecule has 0 aromatic carbocycles. The molecule has 2 fully saturated rings. The van der Waals surface area contributed by atoms with Crippen molar-refractivity contribution in [3.05, 3.63) is 40.0 Å². The van der Waals surface area contributed by atoms with Crippen LogP contribution in [0.3, 0.4) is 0 Å². The molecule has 2 aliphatic heterocycles. The van der Waals surface area contributed by atoms with Crippen LogP contribution in [0.2, 0.25) is 0 Å². The highest BCUT2D eigenvalue weighted by molar-refractivity contribution is 7.14. The zero-order valence-corrected chi connectivity index (χ0v) is 19.0. The van der Waals surface area contributed by atoms with Crippen LogP contribution in [0, 0.1) is 5.82 Å². The van der Waals surface area contributed by atoms with Gasteiger partial charge in [-0.25, -0.2) is 9.37 Å². The van der Waals surface area contributed by atoms with E-state index in [2.05, 4.69) is 15.6 Å². The standard InChI is InChI=1S/C23H27FN4O4S/c24-14-10-19-23(25-12-14)32-9-7-28(19)13-17-5-6-20(33-17)22(30)27-18(11-16-2-1-8-31-16)21(29)26-15-3-4-15/h5-6,10,12,15-16,18H,1-4,7-9,11,13H2,(H,26,29)(H,27,30). The van der Waals surface area contributed by atoms with E-state index in [-0.39, 0.29) is 24.0 Å². The summed E-state index contributed by atoms with van der Waals surface area (Å²) in [5.74, 6) is -0.416. The van der Waals surface area contributed by atoms with Crippen LogP contribution >= 0.6 is 11.3 Å². The van der Waals surface area contributed by atoms with E-state index in [9.17, 15) is 14.0 Å². The number of nitrogens with one attached hydrogen (secondary N) is 2. The Balaban J connectivity index is 1.24. The molecule has 5 rings (SSSR count). The van der Waals surface area contributed by atoms with Crippen molar-refractivity contribution in [3.8, 4) is 5.88 Å². The summed E-state index contributed by atoms with van der Waals surface area (Å²) in [4.78, 5) is 33.2. The first-order valence-corrected chi connectivity index (χ1v) is 12.2. The number of hydrogen-bond acceptors (Lipinski definition) is 7. The number of anilines is 1. The summed E-state index contributed by atoms with van der Waals surface area (Å²) in [5.41, 5.74) is 0.606. The van der Waals surface area contributed by atoms with Crippen molar-refractivity contribution in [2.75, 3.05) is 24.7 Å². The van der Waals surface area contributed by atoms with Crippen molar-refractivity contribution in [3.63, 3.8) is 0 Å². The number of carbonyl (C=O) groups is 2. The molecule has 2 atom stereocenters. The van der Waals surface area contributed by atoms with Gasteiger partial charge in [0.25, 0.3) is 5.91 Å². The fraction of sp³-hybridized carbons (Fsp3) is 0.522. The maximum absolute atomic E-state index is 13.7. The molecule has 2 N–H and O–H groups in total. The van der Waals surface area contributed by atoms with Crippen LogP contribution in [0.4, 0.5) is 10.1 Å². The van der Waals surface area contributed by atoms with Gasteiger partial charge in [0.1, 0.15) is 24.2 Å². The van der Waals surface area contributed by atoms with Gasteiger partial charge in [0.15, 0.2) is 0 Å². The first kappa shape index (κ1) is 22.1. The number of aromatic nitrogens is 1. The lowest BCUT2D eigenvalue weighted by Crippen LogP contribution is -2.48. The minimum absolute atomic E-state index is 0.00505. The highest BCUT2D eigenvalue weighted by Crippen LogP contribution is 2.32. The lowest BCUT2D eigenvalue weighted by atomic mass is 10.1. The summed E-state index contributed by atoms with van der Waals surface area (Å²) >= 11 is 1.36. The molecule has 2 unspecified atom stereocenters. The van der Waals surface area contributed by atoms with Crippen LogP contribution in [0.5, 0.6) is 5.88 Å². The second-order valence-corrected chi connectivity index (χ2v) is 9.86. The number of thiophene rings is 1. The first-order chi connectivity index (χ1) is 16.0. The Morgan fingerprint density at radius 3 is 2.94 bits per heavy atom. The van der Waals surface area contributed by atoms with E-state index in [0.717, 1.165) is 36.8 Å². The number of ether oxygens (including phenoxy) is 2. The van der Waals surface area contributed by atoms with E-state index >= 15 is 0 Å². The zero-order chi connectivity index (χ0) is 22.8. The number of hydrogen-bond donors (Lipinski definition) is 2. The monoisotopic (exact) mass is 474 g/mol. The zero-order valence-electron chi connectivity index (χ0n) is 18.2. The summed E-state index contributed by atoms with van der Waals surface area (Å²) < 4.78 is 24.9. The molecule has 0 radical (unpaired) electrons. The lowest BCUT2D eigenvalue weighted by Gasteiger charge is -2.29. The number of pyridine rings is 1. The van der Waals surface area contributed by atoms with Gasteiger partial charge < -0.3 is 25.0 Å². The van der Waals surface area contributed by atoms with Gasteiger partial charge in [-0.05, 0) is 37.8 Å². The highest BCUT2D eigenvalue weighted by atomic mass is 32.1. The Bertz CT molecular complexity index is 1020. The van der Waals surface area contributed by atoms with Crippen LogP contribution in [0.1, 0.15) is 46.7 Å². The molecule has 8 nitrogen and oxygen atoms in total. The highest BCUT2D eigenvalue weighted by Gasteiger charge is 2.32. The van der Waals surface area contributed by atoms with Gasteiger partial charge >= 0.3 is 0 Å². The molecule has 1 aliphatic carbocycles. The third kappa shape index (κ3) is 5.44. The minimum Gasteiger partial charge on any atom is -0.474 e. The Morgan fingerprint density at radius 1 is 1.27 bits per heavy atom. The molecule has 2 aromatic rings. The van der Waals surface area contributed by atoms with Gasteiger partial charge in [-0.15, -0.1) is 11.3 Å². The van der Waals surface area contributed by atoms with E-state index < -0.39 is 11.9 Å². The van der Waals surface area contributed by atoms with E-state index in [1.165, 1.54) is 17.4 Å². The van der Waals surface area contributed by atoms with Crippen LogP contribution < -0.4 is 20.3 Å². The summed E-state index contributed by atoms with van der Waals surface area (Å²) in [6.45, 7) is 2.28. The average Bonchev–Trinajstić information content (AvgIpc) is 3.25. The Hall–Kier alpha value is -2.72. The molecule has 33 heavy (non-hydrogen) atoms. The van der Waals surface area contributed by atoms with E-state index in [1.807, 2.05) is 11.0 Å². The molecule has 3 aliphatic rings. The van der Waals surface area contributed by atoms with Crippen molar-refractivity contribution in [2.24, 2.45) is 0 Å². The third-order valence-electron chi connectivity index (χ3n) is 6.04. The van der Waals surface area contributed by atoms with Crippen molar-refractivity contribution >= 4 is 28.8 Å². The van der Waals surface area contributed by atoms with Crippen LogP contribution in [0.25, 0.3) is 0 Å². The van der Waals surface area contributed by atoms with Gasteiger partial charge in [0.05, 0.1) is 30.3 Å². The Labute approximate surface area is 195 Å². The summed E-state index contributed by atoms with van der Waals surface area (Å²) in [6, 6.07) is 4.68.